The van der Waals surface area contributed by atoms with Crippen molar-refractivity contribution in [2.75, 3.05) is 6.79 Å². The Balaban J connectivity index is 1.61. The van der Waals surface area contributed by atoms with E-state index >= 15 is 0 Å². The van der Waals surface area contributed by atoms with Gasteiger partial charge >= 0.3 is 0 Å². The van der Waals surface area contributed by atoms with Crippen LogP contribution in [-0.4, -0.2) is 21.8 Å². The Morgan fingerprint density at radius 1 is 0.960 bits per heavy atom. The lowest BCUT2D eigenvalue weighted by atomic mass is 10.0. The first kappa shape index (κ1) is 14.0. The van der Waals surface area contributed by atoms with Crippen molar-refractivity contribution >= 4 is 10.8 Å². The van der Waals surface area contributed by atoms with E-state index in [-0.39, 0.29) is 6.79 Å². The minimum Gasteiger partial charge on any atom is -0.454 e. The number of hydrogen-bond donors (Lipinski definition) is 0. The van der Waals surface area contributed by atoms with Gasteiger partial charge in [-0.25, -0.2) is 4.68 Å². The standard InChI is InChI=1S/C20H15N3O2/c1-13-7-16(8-15-9-19-20(10-17(13)15)25-12-24-19)23-11-18(21-22-23)14-5-3-2-4-6-14/h2-11H,12H2,1H3. The van der Waals surface area contributed by atoms with E-state index in [1.54, 1.807) is 4.68 Å². The molecule has 0 bridgehead atoms. The third-order valence-corrected chi connectivity index (χ3v) is 4.46. The van der Waals surface area contributed by atoms with E-state index in [9.17, 15) is 0 Å². The second-order valence-electron chi connectivity index (χ2n) is 6.10. The second kappa shape index (κ2) is 5.34. The lowest BCUT2D eigenvalue weighted by Crippen LogP contribution is -1.96. The van der Waals surface area contributed by atoms with Gasteiger partial charge in [0.2, 0.25) is 6.79 Å². The number of fused-ring (bicyclic) bond motifs is 2. The van der Waals surface area contributed by atoms with Crippen molar-refractivity contribution in [3.63, 3.8) is 0 Å². The van der Waals surface area contributed by atoms with E-state index in [1.807, 2.05) is 48.7 Å². The largest absolute Gasteiger partial charge is 0.454 e. The summed E-state index contributed by atoms with van der Waals surface area (Å²) in [5, 5.41) is 10.8. The summed E-state index contributed by atoms with van der Waals surface area (Å²) in [6, 6.07) is 18.3. The van der Waals surface area contributed by atoms with Gasteiger partial charge in [0, 0.05) is 5.56 Å². The number of rotatable bonds is 2. The minimum absolute atomic E-state index is 0.279. The topological polar surface area (TPSA) is 49.2 Å². The van der Waals surface area contributed by atoms with Crippen LogP contribution in [0.25, 0.3) is 27.7 Å². The number of nitrogens with zero attached hydrogens (tertiary/aromatic N) is 3. The van der Waals surface area contributed by atoms with Crippen molar-refractivity contribution in [1.82, 2.24) is 15.0 Å². The van der Waals surface area contributed by atoms with Crippen LogP contribution in [0.5, 0.6) is 11.5 Å². The van der Waals surface area contributed by atoms with Crippen LogP contribution in [0.1, 0.15) is 5.56 Å². The Labute approximate surface area is 144 Å². The van der Waals surface area contributed by atoms with E-state index in [2.05, 4.69) is 29.4 Å². The van der Waals surface area contributed by atoms with Crippen LogP contribution < -0.4 is 9.47 Å². The van der Waals surface area contributed by atoms with Gasteiger partial charge in [-0.2, -0.15) is 0 Å². The summed E-state index contributed by atoms with van der Waals surface area (Å²) in [4.78, 5) is 0. The molecule has 5 rings (SSSR count). The summed E-state index contributed by atoms with van der Waals surface area (Å²) in [6.07, 6.45) is 1.95. The van der Waals surface area contributed by atoms with Gasteiger partial charge in [0.05, 0.1) is 11.9 Å². The fraction of sp³-hybridized carbons (Fsp3) is 0.100. The predicted molar refractivity (Wildman–Crippen MR) is 95.2 cm³/mol. The maximum atomic E-state index is 5.50. The molecule has 0 radical (unpaired) electrons. The van der Waals surface area contributed by atoms with Crippen LogP contribution in [0.2, 0.25) is 0 Å². The first-order chi connectivity index (χ1) is 12.3. The van der Waals surface area contributed by atoms with Crippen molar-refractivity contribution in [1.29, 1.82) is 0 Å². The van der Waals surface area contributed by atoms with Crippen LogP contribution in [0, 0.1) is 6.92 Å². The molecule has 0 saturated carbocycles. The zero-order valence-corrected chi connectivity index (χ0v) is 13.6. The van der Waals surface area contributed by atoms with Crippen molar-refractivity contribution in [3.05, 3.63) is 66.4 Å². The number of benzene rings is 3. The van der Waals surface area contributed by atoms with Crippen LogP contribution >= 0.6 is 0 Å². The Bertz CT molecular complexity index is 1090. The molecule has 4 aromatic rings. The van der Waals surface area contributed by atoms with Gasteiger partial charge < -0.3 is 9.47 Å². The molecule has 0 saturated heterocycles. The zero-order valence-electron chi connectivity index (χ0n) is 13.6. The first-order valence-corrected chi connectivity index (χ1v) is 8.10. The van der Waals surface area contributed by atoms with Gasteiger partial charge in [0.25, 0.3) is 0 Å². The second-order valence-corrected chi connectivity index (χ2v) is 6.10. The molecule has 5 nitrogen and oxygen atoms in total. The van der Waals surface area contributed by atoms with Gasteiger partial charge in [0.1, 0.15) is 5.69 Å². The highest BCUT2D eigenvalue weighted by Crippen LogP contribution is 2.37. The van der Waals surface area contributed by atoms with Crippen LogP contribution in [0.15, 0.2) is 60.8 Å². The Morgan fingerprint density at radius 3 is 2.60 bits per heavy atom. The Kier molecular flexibility index (Phi) is 3.00. The average Bonchev–Trinajstić information content (AvgIpc) is 3.30. The predicted octanol–water partition coefficient (Wildman–Crippen LogP) is 4.12. The molecule has 1 aliphatic rings. The molecule has 3 aromatic carbocycles. The van der Waals surface area contributed by atoms with Crippen molar-refractivity contribution in [3.8, 4) is 28.4 Å². The molecular weight excluding hydrogens is 314 g/mol. The maximum Gasteiger partial charge on any atom is 0.231 e. The van der Waals surface area contributed by atoms with Crippen molar-refractivity contribution in [2.24, 2.45) is 0 Å². The zero-order chi connectivity index (χ0) is 16.8. The Hall–Kier alpha value is -3.34. The van der Waals surface area contributed by atoms with Gasteiger partial charge in [-0.1, -0.05) is 35.5 Å². The summed E-state index contributed by atoms with van der Waals surface area (Å²) in [5.74, 6) is 1.59. The van der Waals surface area contributed by atoms with Crippen LogP contribution in [0.4, 0.5) is 0 Å². The molecular formula is C20H15N3O2. The number of aromatic nitrogens is 3. The molecule has 0 aliphatic carbocycles. The summed E-state index contributed by atoms with van der Waals surface area (Å²) in [5.41, 5.74) is 4.03. The fourth-order valence-corrected chi connectivity index (χ4v) is 3.18. The summed E-state index contributed by atoms with van der Waals surface area (Å²) >= 11 is 0. The van der Waals surface area contributed by atoms with Gasteiger partial charge in [-0.15, -0.1) is 5.10 Å². The third kappa shape index (κ3) is 2.32. The molecule has 1 aromatic heterocycles. The van der Waals surface area contributed by atoms with Gasteiger partial charge in [0.15, 0.2) is 11.5 Å². The smallest absolute Gasteiger partial charge is 0.231 e. The van der Waals surface area contributed by atoms with Crippen molar-refractivity contribution < 1.29 is 9.47 Å². The maximum absolute atomic E-state index is 5.50. The third-order valence-electron chi connectivity index (χ3n) is 4.46. The molecule has 2 heterocycles. The molecule has 1 aliphatic heterocycles. The number of hydrogen-bond acceptors (Lipinski definition) is 4. The van der Waals surface area contributed by atoms with Gasteiger partial charge in [-0.05, 0) is 47.5 Å². The molecule has 0 fully saturated rings. The van der Waals surface area contributed by atoms with E-state index in [0.717, 1.165) is 44.8 Å². The molecule has 0 spiro atoms. The molecule has 0 atom stereocenters. The van der Waals surface area contributed by atoms with E-state index in [0.29, 0.717) is 0 Å². The quantitative estimate of drug-likeness (QED) is 0.555. The average molecular weight is 329 g/mol. The molecule has 122 valence electrons. The molecule has 25 heavy (non-hydrogen) atoms. The van der Waals surface area contributed by atoms with E-state index < -0.39 is 0 Å². The highest BCUT2D eigenvalue weighted by atomic mass is 16.7. The molecule has 5 heteroatoms. The van der Waals surface area contributed by atoms with E-state index in [1.165, 1.54) is 0 Å². The highest BCUT2D eigenvalue weighted by molar-refractivity contribution is 5.90. The van der Waals surface area contributed by atoms with Crippen LogP contribution in [-0.2, 0) is 0 Å². The normalized spacial score (nSPS) is 12.7. The fourth-order valence-electron chi connectivity index (χ4n) is 3.18. The SMILES string of the molecule is Cc1cc(-n2cc(-c3ccccc3)nn2)cc2cc3c(cc12)OCO3. The number of aryl methyl sites for hydroxylation is 1. The van der Waals surface area contributed by atoms with E-state index in [4.69, 9.17) is 9.47 Å². The molecule has 0 amide bonds. The van der Waals surface area contributed by atoms with Crippen molar-refractivity contribution in [2.45, 2.75) is 6.92 Å². The summed E-state index contributed by atoms with van der Waals surface area (Å²) in [6.45, 7) is 2.37. The summed E-state index contributed by atoms with van der Waals surface area (Å²) in [7, 11) is 0. The minimum atomic E-state index is 0.279. The molecule has 0 N–H and O–H groups in total. The lowest BCUT2D eigenvalue weighted by molar-refractivity contribution is 0.174. The Morgan fingerprint density at radius 2 is 1.76 bits per heavy atom. The monoisotopic (exact) mass is 329 g/mol. The lowest BCUT2D eigenvalue weighted by Gasteiger charge is -2.08. The van der Waals surface area contributed by atoms with Crippen LogP contribution in [0.3, 0.4) is 0 Å². The summed E-state index contributed by atoms with van der Waals surface area (Å²) < 4.78 is 12.8. The first-order valence-electron chi connectivity index (χ1n) is 8.10. The number of ether oxygens (including phenoxy) is 2. The molecule has 0 unspecified atom stereocenters. The highest BCUT2D eigenvalue weighted by Gasteiger charge is 2.16. The van der Waals surface area contributed by atoms with Gasteiger partial charge in [-0.3, -0.25) is 0 Å².